The monoisotopic (exact) mass is 166 g/mol. The standard InChI is InChI=1S/C9H14N2O/c1-3-5-6-7(4-2)8(10)9(11)12/h3-6,8H,1,10H2,2H3,(H2,11,12)/b6-5-,7-4+. The van der Waals surface area contributed by atoms with Gasteiger partial charge >= 0.3 is 0 Å². The van der Waals surface area contributed by atoms with Crippen molar-refractivity contribution in [2.24, 2.45) is 11.5 Å². The van der Waals surface area contributed by atoms with Gasteiger partial charge in [-0.1, -0.05) is 30.9 Å². The van der Waals surface area contributed by atoms with Gasteiger partial charge in [0.05, 0.1) is 0 Å². The molecule has 0 aromatic rings. The lowest BCUT2D eigenvalue weighted by atomic mass is 10.1. The molecular formula is C9H14N2O. The largest absolute Gasteiger partial charge is 0.368 e. The van der Waals surface area contributed by atoms with Crippen LogP contribution in [0.3, 0.4) is 0 Å². The van der Waals surface area contributed by atoms with Crippen LogP contribution in [0.4, 0.5) is 0 Å². The summed E-state index contributed by atoms with van der Waals surface area (Å²) in [7, 11) is 0. The first-order valence-electron chi connectivity index (χ1n) is 3.63. The minimum atomic E-state index is -0.730. The topological polar surface area (TPSA) is 69.1 Å². The van der Waals surface area contributed by atoms with Gasteiger partial charge in [-0.3, -0.25) is 4.79 Å². The summed E-state index contributed by atoms with van der Waals surface area (Å²) in [5.74, 6) is -0.531. The zero-order chi connectivity index (χ0) is 9.56. The summed E-state index contributed by atoms with van der Waals surface area (Å²) in [6.45, 7) is 5.30. The molecule has 0 aliphatic rings. The number of primary amides is 1. The molecule has 0 aliphatic heterocycles. The predicted octanol–water partition coefficient (Wildman–Crippen LogP) is 0.488. The van der Waals surface area contributed by atoms with Crippen molar-refractivity contribution in [3.8, 4) is 0 Å². The average molecular weight is 166 g/mol. The van der Waals surface area contributed by atoms with Crippen molar-refractivity contribution in [3.05, 3.63) is 36.5 Å². The van der Waals surface area contributed by atoms with Crippen LogP contribution >= 0.6 is 0 Å². The Kier molecular flexibility index (Phi) is 4.72. The van der Waals surface area contributed by atoms with Gasteiger partial charge in [0.25, 0.3) is 0 Å². The minimum Gasteiger partial charge on any atom is -0.368 e. The molecule has 0 aromatic carbocycles. The first kappa shape index (κ1) is 10.7. The van der Waals surface area contributed by atoms with Crippen LogP contribution in [0.25, 0.3) is 0 Å². The number of amides is 1. The van der Waals surface area contributed by atoms with Crippen LogP contribution < -0.4 is 11.5 Å². The van der Waals surface area contributed by atoms with Crippen molar-refractivity contribution in [2.45, 2.75) is 13.0 Å². The molecule has 0 saturated heterocycles. The predicted molar refractivity (Wildman–Crippen MR) is 50.3 cm³/mol. The molecule has 0 radical (unpaired) electrons. The summed E-state index contributed by atoms with van der Waals surface area (Å²) >= 11 is 0. The van der Waals surface area contributed by atoms with Crippen molar-refractivity contribution in [2.75, 3.05) is 0 Å². The number of allylic oxidation sites excluding steroid dienone is 3. The fourth-order valence-electron chi connectivity index (χ4n) is 0.723. The molecule has 0 fully saturated rings. The van der Waals surface area contributed by atoms with Crippen LogP contribution in [-0.4, -0.2) is 11.9 Å². The number of rotatable bonds is 4. The van der Waals surface area contributed by atoms with Crippen LogP contribution in [0, 0.1) is 0 Å². The number of hydrogen-bond donors (Lipinski definition) is 2. The fourth-order valence-corrected chi connectivity index (χ4v) is 0.723. The van der Waals surface area contributed by atoms with Gasteiger partial charge in [-0.05, 0) is 12.5 Å². The molecule has 66 valence electrons. The third-order valence-electron chi connectivity index (χ3n) is 1.42. The summed E-state index contributed by atoms with van der Waals surface area (Å²) in [6, 6.07) is -0.730. The molecule has 3 nitrogen and oxygen atoms in total. The van der Waals surface area contributed by atoms with E-state index in [-0.39, 0.29) is 0 Å². The van der Waals surface area contributed by atoms with Gasteiger partial charge in [-0.15, -0.1) is 0 Å². The highest BCUT2D eigenvalue weighted by molar-refractivity contribution is 5.83. The third-order valence-corrected chi connectivity index (χ3v) is 1.42. The van der Waals surface area contributed by atoms with E-state index >= 15 is 0 Å². The van der Waals surface area contributed by atoms with Gasteiger partial charge in [-0.2, -0.15) is 0 Å². The number of nitrogens with two attached hydrogens (primary N) is 2. The van der Waals surface area contributed by atoms with E-state index in [1.165, 1.54) is 0 Å². The first-order valence-corrected chi connectivity index (χ1v) is 3.63. The second-order valence-corrected chi connectivity index (χ2v) is 2.26. The average Bonchev–Trinajstić information content (AvgIpc) is 2.05. The van der Waals surface area contributed by atoms with Crippen LogP contribution in [0.1, 0.15) is 6.92 Å². The first-order chi connectivity index (χ1) is 5.63. The molecule has 1 atom stereocenters. The van der Waals surface area contributed by atoms with E-state index in [2.05, 4.69) is 6.58 Å². The second-order valence-electron chi connectivity index (χ2n) is 2.26. The summed E-state index contributed by atoms with van der Waals surface area (Å²) in [5.41, 5.74) is 11.2. The summed E-state index contributed by atoms with van der Waals surface area (Å²) in [6.07, 6.45) is 6.77. The quantitative estimate of drug-likeness (QED) is 0.597. The maximum absolute atomic E-state index is 10.7. The van der Waals surface area contributed by atoms with E-state index in [0.717, 1.165) is 0 Å². The van der Waals surface area contributed by atoms with Gasteiger partial charge in [0, 0.05) is 0 Å². The molecule has 0 rings (SSSR count). The summed E-state index contributed by atoms with van der Waals surface area (Å²) in [5, 5.41) is 0. The zero-order valence-corrected chi connectivity index (χ0v) is 7.16. The smallest absolute Gasteiger partial charge is 0.238 e. The lowest BCUT2D eigenvalue weighted by molar-refractivity contribution is -0.118. The van der Waals surface area contributed by atoms with Gasteiger partial charge in [-0.25, -0.2) is 0 Å². The summed E-state index contributed by atoms with van der Waals surface area (Å²) in [4.78, 5) is 10.7. The van der Waals surface area contributed by atoms with Gasteiger partial charge < -0.3 is 11.5 Å². The zero-order valence-electron chi connectivity index (χ0n) is 7.16. The molecule has 0 spiro atoms. The van der Waals surface area contributed by atoms with Crippen molar-refractivity contribution in [1.29, 1.82) is 0 Å². The molecule has 12 heavy (non-hydrogen) atoms. The lowest BCUT2D eigenvalue weighted by Crippen LogP contribution is -2.37. The van der Waals surface area contributed by atoms with Crippen molar-refractivity contribution in [3.63, 3.8) is 0 Å². The fraction of sp³-hybridized carbons (Fsp3) is 0.222. The maximum Gasteiger partial charge on any atom is 0.238 e. The Balaban J connectivity index is 4.47. The second kappa shape index (κ2) is 5.32. The van der Waals surface area contributed by atoms with Crippen LogP contribution in [0.15, 0.2) is 36.5 Å². The molecule has 0 heterocycles. The van der Waals surface area contributed by atoms with Gasteiger partial charge in [0.1, 0.15) is 6.04 Å². The van der Waals surface area contributed by atoms with E-state index < -0.39 is 11.9 Å². The van der Waals surface area contributed by atoms with E-state index in [0.29, 0.717) is 5.57 Å². The van der Waals surface area contributed by atoms with Crippen molar-refractivity contribution < 1.29 is 4.79 Å². The van der Waals surface area contributed by atoms with Crippen LogP contribution in [0.5, 0.6) is 0 Å². The van der Waals surface area contributed by atoms with Crippen molar-refractivity contribution >= 4 is 5.91 Å². The molecule has 3 heteroatoms. The molecule has 0 saturated carbocycles. The number of hydrogen-bond acceptors (Lipinski definition) is 2. The van der Waals surface area contributed by atoms with Crippen molar-refractivity contribution in [1.82, 2.24) is 0 Å². The Labute approximate surface area is 72.4 Å². The van der Waals surface area contributed by atoms with E-state index in [1.807, 2.05) is 0 Å². The van der Waals surface area contributed by atoms with Gasteiger partial charge in [0.2, 0.25) is 5.91 Å². The highest BCUT2D eigenvalue weighted by Crippen LogP contribution is 2.01. The normalized spacial score (nSPS) is 14.7. The molecular weight excluding hydrogens is 152 g/mol. The Bertz CT molecular complexity index is 229. The lowest BCUT2D eigenvalue weighted by Gasteiger charge is -2.06. The highest BCUT2D eigenvalue weighted by atomic mass is 16.1. The van der Waals surface area contributed by atoms with E-state index in [9.17, 15) is 4.79 Å². The Morgan fingerprint density at radius 3 is 2.50 bits per heavy atom. The Hall–Kier alpha value is -1.35. The SMILES string of the molecule is C=C/C=C\C(=C/C)C(N)C(N)=O. The van der Waals surface area contributed by atoms with Gasteiger partial charge in [0.15, 0.2) is 0 Å². The van der Waals surface area contributed by atoms with Crippen LogP contribution in [-0.2, 0) is 4.79 Å². The molecule has 4 N–H and O–H groups in total. The number of carbonyl (C=O) groups excluding carboxylic acids is 1. The van der Waals surface area contributed by atoms with E-state index in [1.54, 1.807) is 31.2 Å². The molecule has 0 aliphatic carbocycles. The maximum atomic E-state index is 10.7. The summed E-state index contributed by atoms with van der Waals surface area (Å²) < 4.78 is 0. The van der Waals surface area contributed by atoms with Crippen LogP contribution in [0.2, 0.25) is 0 Å². The molecule has 1 amide bonds. The Morgan fingerprint density at radius 2 is 2.17 bits per heavy atom. The Morgan fingerprint density at radius 1 is 1.58 bits per heavy atom. The molecule has 1 unspecified atom stereocenters. The highest BCUT2D eigenvalue weighted by Gasteiger charge is 2.10. The minimum absolute atomic E-state index is 0.531. The van der Waals surface area contributed by atoms with E-state index in [4.69, 9.17) is 11.5 Å². The third kappa shape index (κ3) is 3.16. The molecule has 0 aromatic heterocycles. The molecule has 0 bridgehead atoms. The number of carbonyl (C=O) groups is 1.